The zero-order chi connectivity index (χ0) is 11.3. The lowest BCUT2D eigenvalue weighted by Crippen LogP contribution is -2.11. The fraction of sp³-hybridized carbons (Fsp3) is 0.375. The Morgan fingerprint density at radius 2 is 2.40 bits per heavy atom. The van der Waals surface area contributed by atoms with Gasteiger partial charge in [0.2, 0.25) is 0 Å². The molecule has 0 spiro atoms. The molecular formula is C8H11N3O2S2. The molecule has 0 saturated carbocycles. The quantitative estimate of drug-likeness (QED) is 0.486. The van der Waals surface area contributed by atoms with Crippen molar-refractivity contribution in [2.24, 2.45) is 5.73 Å². The number of rotatable bonds is 5. The van der Waals surface area contributed by atoms with Crippen molar-refractivity contribution in [1.82, 2.24) is 4.98 Å². The van der Waals surface area contributed by atoms with Gasteiger partial charge in [0, 0.05) is 17.9 Å². The zero-order valence-corrected chi connectivity index (χ0v) is 9.75. The topological polar surface area (TPSA) is 82.0 Å². The van der Waals surface area contributed by atoms with Crippen LogP contribution in [0.5, 0.6) is 0 Å². The van der Waals surface area contributed by atoms with Crippen LogP contribution in [0.1, 0.15) is 6.92 Å². The van der Waals surface area contributed by atoms with Crippen LogP contribution in [-0.4, -0.2) is 21.7 Å². The molecule has 1 heterocycles. The van der Waals surface area contributed by atoms with Crippen LogP contribution in [0.15, 0.2) is 23.4 Å². The molecule has 7 heteroatoms. The minimum Gasteiger partial charge on any atom is -0.329 e. The first-order valence-electron chi connectivity index (χ1n) is 4.27. The molecule has 2 N–H and O–H groups in total. The standard InChI is InChI=1S/C8H11N3O2S2/c1-6(4-9)14-15-8-3-2-7(5-10-8)11(12)13/h2-3,5-6H,4,9H2,1H3. The third-order valence-electron chi connectivity index (χ3n) is 1.56. The molecule has 0 bridgehead atoms. The third-order valence-corrected chi connectivity index (χ3v) is 4.38. The summed E-state index contributed by atoms with van der Waals surface area (Å²) in [6.45, 7) is 2.62. The molecule has 0 saturated heterocycles. The third kappa shape index (κ3) is 4.06. The highest BCUT2D eigenvalue weighted by atomic mass is 33.1. The van der Waals surface area contributed by atoms with Gasteiger partial charge in [-0.15, -0.1) is 0 Å². The molecule has 1 aromatic rings. The van der Waals surface area contributed by atoms with Crippen LogP contribution >= 0.6 is 21.6 Å². The molecule has 0 aliphatic heterocycles. The van der Waals surface area contributed by atoms with Crippen molar-refractivity contribution in [3.63, 3.8) is 0 Å². The monoisotopic (exact) mass is 245 g/mol. The van der Waals surface area contributed by atoms with Crippen molar-refractivity contribution >= 4 is 27.3 Å². The highest BCUT2D eigenvalue weighted by Crippen LogP contribution is 2.32. The van der Waals surface area contributed by atoms with Gasteiger partial charge in [-0.2, -0.15) is 0 Å². The first-order chi connectivity index (χ1) is 7.13. The molecule has 0 aliphatic carbocycles. The van der Waals surface area contributed by atoms with Gasteiger partial charge >= 0.3 is 0 Å². The molecule has 0 radical (unpaired) electrons. The van der Waals surface area contributed by atoms with Gasteiger partial charge in [-0.1, -0.05) is 17.7 Å². The van der Waals surface area contributed by atoms with Gasteiger partial charge in [0.15, 0.2) is 0 Å². The van der Waals surface area contributed by atoms with E-state index in [0.717, 1.165) is 5.03 Å². The maximum atomic E-state index is 10.4. The van der Waals surface area contributed by atoms with E-state index in [9.17, 15) is 10.1 Å². The van der Waals surface area contributed by atoms with Crippen molar-refractivity contribution < 1.29 is 4.92 Å². The normalized spacial score (nSPS) is 12.4. The Bertz CT molecular complexity index is 331. The number of hydrogen-bond donors (Lipinski definition) is 1. The zero-order valence-electron chi connectivity index (χ0n) is 8.12. The summed E-state index contributed by atoms with van der Waals surface area (Å²) < 4.78 is 0. The Hall–Kier alpha value is -0.790. The van der Waals surface area contributed by atoms with Crippen LogP contribution in [0, 0.1) is 10.1 Å². The van der Waals surface area contributed by atoms with E-state index in [1.165, 1.54) is 23.1 Å². The fourth-order valence-electron chi connectivity index (χ4n) is 0.700. The smallest absolute Gasteiger partial charge is 0.287 e. The fourth-order valence-corrected chi connectivity index (χ4v) is 2.58. The van der Waals surface area contributed by atoms with E-state index in [1.807, 2.05) is 6.92 Å². The first kappa shape index (κ1) is 12.3. The number of aromatic nitrogens is 1. The molecule has 5 nitrogen and oxygen atoms in total. The second kappa shape index (κ2) is 5.94. The van der Waals surface area contributed by atoms with Gasteiger partial charge in [0.05, 0.1) is 4.92 Å². The Kier molecular flexibility index (Phi) is 4.86. The largest absolute Gasteiger partial charge is 0.329 e. The van der Waals surface area contributed by atoms with Crippen molar-refractivity contribution in [2.45, 2.75) is 17.2 Å². The maximum absolute atomic E-state index is 10.4. The lowest BCUT2D eigenvalue weighted by Gasteiger charge is -2.05. The molecule has 1 aromatic heterocycles. The Labute approximate surface area is 95.4 Å². The van der Waals surface area contributed by atoms with Crippen LogP contribution in [0.25, 0.3) is 0 Å². The maximum Gasteiger partial charge on any atom is 0.287 e. The highest BCUT2D eigenvalue weighted by Gasteiger charge is 2.07. The molecule has 1 atom stereocenters. The number of nitrogens with two attached hydrogens (primary N) is 1. The van der Waals surface area contributed by atoms with Crippen molar-refractivity contribution in [3.8, 4) is 0 Å². The molecule has 15 heavy (non-hydrogen) atoms. The van der Waals surface area contributed by atoms with E-state index in [2.05, 4.69) is 4.98 Å². The second-order valence-corrected chi connectivity index (χ2v) is 5.50. The van der Waals surface area contributed by atoms with E-state index in [-0.39, 0.29) is 5.69 Å². The number of nitro groups is 1. The summed E-state index contributed by atoms with van der Waals surface area (Å²) in [7, 11) is 3.08. The summed E-state index contributed by atoms with van der Waals surface area (Å²) >= 11 is 0. The van der Waals surface area contributed by atoms with Crippen LogP contribution in [0.2, 0.25) is 0 Å². The minimum absolute atomic E-state index is 0.0104. The van der Waals surface area contributed by atoms with Crippen LogP contribution in [0.3, 0.4) is 0 Å². The van der Waals surface area contributed by atoms with Gasteiger partial charge < -0.3 is 5.73 Å². The van der Waals surface area contributed by atoms with Crippen LogP contribution in [0.4, 0.5) is 5.69 Å². The Morgan fingerprint density at radius 1 is 1.67 bits per heavy atom. The van der Waals surface area contributed by atoms with E-state index < -0.39 is 4.92 Å². The molecule has 1 unspecified atom stereocenters. The van der Waals surface area contributed by atoms with Gasteiger partial charge in [-0.3, -0.25) is 10.1 Å². The minimum atomic E-state index is -0.461. The van der Waals surface area contributed by atoms with E-state index in [1.54, 1.807) is 16.9 Å². The van der Waals surface area contributed by atoms with E-state index in [4.69, 9.17) is 5.73 Å². The molecule has 0 aromatic carbocycles. The highest BCUT2D eigenvalue weighted by molar-refractivity contribution is 8.76. The van der Waals surface area contributed by atoms with Gasteiger partial charge in [-0.25, -0.2) is 4.98 Å². The lowest BCUT2D eigenvalue weighted by molar-refractivity contribution is -0.385. The second-order valence-electron chi connectivity index (χ2n) is 2.84. The van der Waals surface area contributed by atoms with E-state index >= 15 is 0 Å². The van der Waals surface area contributed by atoms with Gasteiger partial charge in [0.1, 0.15) is 11.2 Å². The summed E-state index contributed by atoms with van der Waals surface area (Å²) in [4.78, 5) is 13.9. The summed E-state index contributed by atoms with van der Waals surface area (Å²) in [5.74, 6) is 0. The number of hydrogen-bond acceptors (Lipinski definition) is 6. The Balaban J connectivity index is 2.53. The van der Waals surface area contributed by atoms with Gasteiger partial charge in [0.25, 0.3) is 5.69 Å². The van der Waals surface area contributed by atoms with E-state index in [0.29, 0.717) is 11.8 Å². The molecule has 0 amide bonds. The van der Waals surface area contributed by atoms with Crippen LogP contribution in [-0.2, 0) is 0 Å². The lowest BCUT2D eigenvalue weighted by atomic mass is 10.4. The predicted molar refractivity (Wildman–Crippen MR) is 62.9 cm³/mol. The van der Waals surface area contributed by atoms with Crippen molar-refractivity contribution in [2.75, 3.05) is 6.54 Å². The van der Waals surface area contributed by atoms with Crippen molar-refractivity contribution in [1.29, 1.82) is 0 Å². The summed E-state index contributed by atoms with van der Waals surface area (Å²) in [6.07, 6.45) is 1.26. The molecule has 0 aliphatic rings. The number of nitrogens with zero attached hydrogens (tertiary/aromatic N) is 2. The molecule has 0 fully saturated rings. The number of pyridine rings is 1. The first-order valence-corrected chi connectivity index (χ1v) is 6.48. The average molecular weight is 245 g/mol. The molecule has 1 rings (SSSR count). The van der Waals surface area contributed by atoms with Crippen LogP contribution < -0.4 is 5.73 Å². The summed E-state index contributed by atoms with van der Waals surface area (Å²) in [5, 5.41) is 11.5. The summed E-state index contributed by atoms with van der Waals surface area (Å²) in [5.41, 5.74) is 5.47. The van der Waals surface area contributed by atoms with Crippen molar-refractivity contribution in [3.05, 3.63) is 28.4 Å². The average Bonchev–Trinajstić information content (AvgIpc) is 2.26. The summed E-state index contributed by atoms with van der Waals surface area (Å²) in [6, 6.07) is 3.09. The predicted octanol–water partition coefficient (Wildman–Crippen LogP) is 2.08. The molecule has 82 valence electrons. The molecular weight excluding hydrogens is 234 g/mol. The van der Waals surface area contributed by atoms with Gasteiger partial charge in [-0.05, 0) is 16.9 Å². The SMILES string of the molecule is CC(CN)SSc1ccc([N+](=O)[O-])cn1. The Morgan fingerprint density at radius 3 is 2.87 bits per heavy atom.